The molecule has 1 aromatic rings. The van der Waals surface area contributed by atoms with E-state index >= 15 is 0 Å². The molecule has 0 spiro atoms. The number of aryl methyl sites for hydroxylation is 1. The van der Waals surface area contributed by atoms with Gasteiger partial charge in [0, 0.05) is 25.6 Å². The molecule has 0 amide bonds. The molecule has 6 heteroatoms. The van der Waals surface area contributed by atoms with Gasteiger partial charge in [-0.05, 0) is 12.8 Å². The summed E-state index contributed by atoms with van der Waals surface area (Å²) in [5, 5.41) is 11.8. The highest BCUT2D eigenvalue weighted by atomic mass is 16.3. The first-order valence-electron chi connectivity index (χ1n) is 5.49. The summed E-state index contributed by atoms with van der Waals surface area (Å²) in [5.74, 6) is 7.44. The lowest BCUT2D eigenvalue weighted by atomic mass is 10.3. The molecule has 0 aromatic carbocycles. The van der Waals surface area contributed by atoms with Crippen LogP contribution < -0.4 is 16.6 Å². The van der Waals surface area contributed by atoms with Crippen molar-refractivity contribution in [3.05, 3.63) is 11.9 Å². The van der Waals surface area contributed by atoms with Gasteiger partial charge < -0.3 is 15.8 Å². The Balaban J connectivity index is 2.69. The lowest BCUT2D eigenvalue weighted by Crippen LogP contribution is -2.13. The third kappa shape index (κ3) is 4.00. The predicted molar refractivity (Wildman–Crippen MR) is 64.0 cm³/mol. The molecule has 0 aliphatic rings. The van der Waals surface area contributed by atoms with Crippen LogP contribution in [0, 0.1) is 0 Å². The average molecular weight is 225 g/mol. The molecule has 0 fully saturated rings. The molecule has 1 rings (SSSR count). The normalized spacial score (nSPS) is 10.2. The molecule has 1 heterocycles. The number of nitrogens with zero attached hydrogens (tertiary/aromatic N) is 2. The van der Waals surface area contributed by atoms with Crippen LogP contribution in [0.2, 0.25) is 0 Å². The maximum absolute atomic E-state index is 8.68. The van der Waals surface area contributed by atoms with Crippen molar-refractivity contribution in [3.8, 4) is 0 Å². The monoisotopic (exact) mass is 225 g/mol. The van der Waals surface area contributed by atoms with Gasteiger partial charge in [0.2, 0.25) is 0 Å². The van der Waals surface area contributed by atoms with E-state index in [2.05, 4.69) is 27.6 Å². The van der Waals surface area contributed by atoms with Crippen LogP contribution in [0.15, 0.2) is 6.07 Å². The van der Waals surface area contributed by atoms with Crippen LogP contribution in [0.5, 0.6) is 0 Å². The van der Waals surface area contributed by atoms with Gasteiger partial charge in [0.1, 0.15) is 17.5 Å². The van der Waals surface area contributed by atoms with E-state index in [0.29, 0.717) is 18.8 Å². The van der Waals surface area contributed by atoms with Gasteiger partial charge in [-0.3, -0.25) is 0 Å². The predicted octanol–water partition coefficient (Wildman–Crippen LogP) is 0.509. The van der Waals surface area contributed by atoms with Crippen LogP contribution in [0.4, 0.5) is 11.6 Å². The number of hydrazine groups is 1. The molecular formula is C10H19N5O. The molecule has 5 N–H and O–H groups in total. The Kier molecular flexibility index (Phi) is 5.52. The number of rotatable bonds is 7. The van der Waals surface area contributed by atoms with Gasteiger partial charge in [-0.15, -0.1) is 0 Å². The van der Waals surface area contributed by atoms with E-state index in [9.17, 15) is 0 Å². The molecule has 16 heavy (non-hydrogen) atoms. The van der Waals surface area contributed by atoms with Crippen LogP contribution in [-0.4, -0.2) is 28.2 Å². The van der Waals surface area contributed by atoms with Crippen molar-refractivity contribution in [2.75, 3.05) is 23.9 Å². The highest BCUT2D eigenvalue weighted by Crippen LogP contribution is 2.11. The first kappa shape index (κ1) is 12.7. The fourth-order valence-electron chi connectivity index (χ4n) is 1.29. The minimum atomic E-state index is 0.169. The zero-order valence-electron chi connectivity index (χ0n) is 9.53. The molecule has 1 aromatic heterocycles. The SMILES string of the molecule is CCCc1nc(NN)cc(NCCCO)n1. The minimum absolute atomic E-state index is 0.169. The fourth-order valence-corrected chi connectivity index (χ4v) is 1.29. The van der Waals surface area contributed by atoms with E-state index in [1.165, 1.54) is 0 Å². The van der Waals surface area contributed by atoms with Gasteiger partial charge in [0.25, 0.3) is 0 Å². The number of hydrogen-bond donors (Lipinski definition) is 4. The summed E-state index contributed by atoms with van der Waals surface area (Å²) in [6.45, 7) is 2.93. The average Bonchev–Trinajstić information content (AvgIpc) is 2.29. The van der Waals surface area contributed by atoms with Crippen molar-refractivity contribution in [2.24, 2.45) is 5.84 Å². The van der Waals surface area contributed by atoms with Gasteiger partial charge in [-0.2, -0.15) is 0 Å². The molecule has 6 nitrogen and oxygen atoms in total. The number of hydrogen-bond acceptors (Lipinski definition) is 6. The van der Waals surface area contributed by atoms with Gasteiger partial charge in [-0.25, -0.2) is 15.8 Å². The Hall–Kier alpha value is -1.40. The van der Waals surface area contributed by atoms with E-state index in [0.717, 1.165) is 24.5 Å². The third-order valence-electron chi connectivity index (χ3n) is 2.03. The van der Waals surface area contributed by atoms with Gasteiger partial charge in [0.15, 0.2) is 0 Å². The molecular weight excluding hydrogens is 206 g/mol. The molecule has 0 atom stereocenters. The van der Waals surface area contributed by atoms with E-state index in [1.54, 1.807) is 6.07 Å². The molecule has 0 saturated carbocycles. The van der Waals surface area contributed by atoms with Gasteiger partial charge >= 0.3 is 0 Å². The van der Waals surface area contributed by atoms with Crippen molar-refractivity contribution in [1.29, 1.82) is 0 Å². The van der Waals surface area contributed by atoms with Crippen molar-refractivity contribution < 1.29 is 5.11 Å². The zero-order chi connectivity index (χ0) is 11.8. The number of nitrogens with one attached hydrogen (secondary N) is 2. The molecule has 0 radical (unpaired) electrons. The maximum atomic E-state index is 8.68. The summed E-state index contributed by atoms with van der Waals surface area (Å²) in [6, 6.07) is 1.75. The first-order chi connectivity index (χ1) is 7.80. The standard InChI is InChI=1S/C10H19N5O/c1-2-4-8-13-9(12-5-3-6-16)7-10(14-8)15-11/h7,16H,2-6,11H2,1H3,(H2,12,13,14,15). The summed E-state index contributed by atoms with van der Waals surface area (Å²) in [7, 11) is 0. The Bertz CT molecular complexity index is 318. The molecule has 90 valence electrons. The number of anilines is 2. The van der Waals surface area contributed by atoms with Crippen LogP contribution in [0.25, 0.3) is 0 Å². The minimum Gasteiger partial charge on any atom is -0.396 e. The molecule has 0 bridgehead atoms. The summed E-state index contributed by atoms with van der Waals surface area (Å²) in [5.41, 5.74) is 2.52. The van der Waals surface area contributed by atoms with Gasteiger partial charge in [-0.1, -0.05) is 6.92 Å². The molecule has 0 saturated heterocycles. The quantitative estimate of drug-likeness (QED) is 0.307. The van der Waals surface area contributed by atoms with Crippen LogP contribution in [0.1, 0.15) is 25.6 Å². The lowest BCUT2D eigenvalue weighted by Gasteiger charge is -2.08. The highest BCUT2D eigenvalue weighted by Gasteiger charge is 2.02. The second-order valence-corrected chi connectivity index (χ2v) is 3.45. The van der Waals surface area contributed by atoms with Crippen LogP contribution in [0.3, 0.4) is 0 Å². The smallest absolute Gasteiger partial charge is 0.145 e. The number of aliphatic hydroxyl groups is 1. The fraction of sp³-hybridized carbons (Fsp3) is 0.600. The summed E-state index contributed by atoms with van der Waals surface area (Å²) in [6.07, 6.45) is 2.51. The Labute approximate surface area is 95.3 Å². The summed E-state index contributed by atoms with van der Waals surface area (Å²) < 4.78 is 0. The number of nitrogens with two attached hydrogens (primary N) is 1. The topological polar surface area (TPSA) is 96.1 Å². The Morgan fingerprint density at radius 3 is 2.75 bits per heavy atom. The van der Waals surface area contributed by atoms with Crippen LogP contribution in [-0.2, 0) is 6.42 Å². The number of aromatic nitrogens is 2. The van der Waals surface area contributed by atoms with Crippen molar-refractivity contribution in [2.45, 2.75) is 26.2 Å². The summed E-state index contributed by atoms with van der Waals surface area (Å²) >= 11 is 0. The third-order valence-corrected chi connectivity index (χ3v) is 2.03. The second kappa shape index (κ2) is 6.97. The first-order valence-corrected chi connectivity index (χ1v) is 5.49. The van der Waals surface area contributed by atoms with Gasteiger partial charge in [0.05, 0.1) is 0 Å². The van der Waals surface area contributed by atoms with E-state index in [-0.39, 0.29) is 6.61 Å². The highest BCUT2D eigenvalue weighted by molar-refractivity contribution is 5.46. The molecule has 0 aliphatic carbocycles. The van der Waals surface area contributed by atoms with E-state index in [4.69, 9.17) is 10.9 Å². The Morgan fingerprint density at radius 1 is 1.38 bits per heavy atom. The largest absolute Gasteiger partial charge is 0.396 e. The van der Waals surface area contributed by atoms with Crippen molar-refractivity contribution >= 4 is 11.6 Å². The van der Waals surface area contributed by atoms with Crippen molar-refractivity contribution in [1.82, 2.24) is 9.97 Å². The molecule has 0 unspecified atom stereocenters. The van der Waals surface area contributed by atoms with Crippen LogP contribution >= 0.6 is 0 Å². The lowest BCUT2D eigenvalue weighted by molar-refractivity contribution is 0.292. The number of aliphatic hydroxyl groups excluding tert-OH is 1. The van der Waals surface area contributed by atoms with E-state index in [1.807, 2.05) is 0 Å². The summed E-state index contributed by atoms with van der Waals surface area (Å²) in [4.78, 5) is 8.58. The van der Waals surface area contributed by atoms with Crippen molar-refractivity contribution in [3.63, 3.8) is 0 Å². The van der Waals surface area contributed by atoms with E-state index < -0.39 is 0 Å². The Morgan fingerprint density at radius 2 is 2.12 bits per heavy atom. The second-order valence-electron chi connectivity index (χ2n) is 3.45. The molecule has 0 aliphatic heterocycles. The maximum Gasteiger partial charge on any atom is 0.145 e. The number of nitrogen functional groups attached to an aromatic ring is 1. The zero-order valence-corrected chi connectivity index (χ0v) is 9.53.